The van der Waals surface area contributed by atoms with Gasteiger partial charge in [-0.15, -0.1) is 0 Å². The van der Waals surface area contributed by atoms with Crippen LogP contribution >= 0.6 is 11.6 Å². The molecule has 0 saturated carbocycles. The number of nitrogens with zero attached hydrogens (tertiary/aromatic N) is 1. The van der Waals surface area contributed by atoms with Crippen LogP contribution in [0.15, 0.2) is 48.5 Å². The number of carbonyl (C=O) groups is 1. The van der Waals surface area contributed by atoms with Crippen LogP contribution in [0.4, 0.5) is 0 Å². The fourth-order valence-electron chi connectivity index (χ4n) is 3.32. The first-order valence-electron chi connectivity index (χ1n) is 8.99. The SMILES string of the molecule is CC1CN(Cc2ccc(CNC(=O)c3ccc(Cl)cc3)cc2)CC(C)O1. The van der Waals surface area contributed by atoms with Gasteiger partial charge >= 0.3 is 0 Å². The molecule has 138 valence electrons. The summed E-state index contributed by atoms with van der Waals surface area (Å²) in [5.41, 5.74) is 2.97. The normalized spacial score (nSPS) is 20.7. The lowest BCUT2D eigenvalue weighted by Gasteiger charge is -2.35. The lowest BCUT2D eigenvalue weighted by molar-refractivity contribution is -0.0704. The van der Waals surface area contributed by atoms with Gasteiger partial charge in [-0.05, 0) is 49.2 Å². The Hall–Kier alpha value is -1.88. The second kappa shape index (κ2) is 8.67. The van der Waals surface area contributed by atoms with Crippen LogP contribution in [0.25, 0.3) is 0 Å². The maximum absolute atomic E-state index is 12.1. The molecule has 0 bridgehead atoms. The maximum atomic E-state index is 12.1. The molecule has 1 N–H and O–H groups in total. The molecule has 2 unspecified atom stereocenters. The second-order valence-electron chi connectivity index (χ2n) is 6.96. The van der Waals surface area contributed by atoms with Crippen molar-refractivity contribution >= 4 is 17.5 Å². The zero-order valence-corrected chi connectivity index (χ0v) is 16.0. The van der Waals surface area contributed by atoms with E-state index in [-0.39, 0.29) is 18.1 Å². The number of rotatable bonds is 5. The molecule has 26 heavy (non-hydrogen) atoms. The van der Waals surface area contributed by atoms with E-state index in [1.165, 1.54) is 5.56 Å². The second-order valence-corrected chi connectivity index (χ2v) is 7.39. The minimum atomic E-state index is -0.0953. The lowest BCUT2D eigenvalue weighted by Crippen LogP contribution is -2.44. The fraction of sp³-hybridized carbons (Fsp3) is 0.381. The van der Waals surface area contributed by atoms with E-state index < -0.39 is 0 Å². The topological polar surface area (TPSA) is 41.6 Å². The molecule has 2 aromatic carbocycles. The number of amides is 1. The highest BCUT2D eigenvalue weighted by Crippen LogP contribution is 2.15. The third-order valence-corrected chi connectivity index (χ3v) is 4.74. The zero-order chi connectivity index (χ0) is 18.5. The summed E-state index contributed by atoms with van der Waals surface area (Å²) < 4.78 is 5.78. The highest BCUT2D eigenvalue weighted by Gasteiger charge is 2.21. The summed E-state index contributed by atoms with van der Waals surface area (Å²) >= 11 is 5.85. The highest BCUT2D eigenvalue weighted by molar-refractivity contribution is 6.30. The van der Waals surface area contributed by atoms with E-state index in [0.29, 0.717) is 17.1 Å². The van der Waals surface area contributed by atoms with E-state index >= 15 is 0 Å². The largest absolute Gasteiger partial charge is 0.373 e. The number of hydrogen-bond donors (Lipinski definition) is 1. The van der Waals surface area contributed by atoms with Gasteiger partial charge in [0.1, 0.15) is 0 Å². The molecule has 1 aliphatic rings. The molecule has 0 radical (unpaired) electrons. The molecule has 1 heterocycles. The van der Waals surface area contributed by atoms with Crippen molar-refractivity contribution in [1.82, 2.24) is 10.2 Å². The molecule has 3 rings (SSSR count). The predicted molar refractivity (Wildman–Crippen MR) is 104 cm³/mol. The number of morpholine rings is 1. The number of benzene rings is 2. The van der Waals surface area contributed by atoms with Crippen molar-refractivity contribution in [2.45, 2.75) is 39.1 Å². The van der Waals surface area contributed by atoms with Crippen LogP contribution in [-0.4, -0.2) is 36.1 Å². The number of nitrogens with one attached hydrogen (secondary N) is 1. The number of ether oxygens (including phenoxy) is 1. The van der Waals surface area contributed by atoms with Gasteiger partial charge in [0.15, 0.2) is 0 Å². The Morgan fingerprint density at radius 3 is 2.23 bits per heavy atom. The van der Waals surface area contributed by atoms with Crippen LogP contribution in [-0.2, 0) is 17.8 Å². The third kappa shape index (κ3) is 5.31. The van der Waals surface area contributed by atoms with E-state index in [2.05, 4.69) is 48.3 Å². The highest BCUT2D eigenvalue weighted by atomic mass is 35.5. The van der Waals surface area contributed by atoms with Crippen LogP contribution in [0.5, 0.6) is 0 Å². The van der Waals surface area contributed by atoms with Crippen molar-refractivity contribution < 1.29 is 9.53 Å². The first-order chi connectivity index (χ1) is 12.5. The zero-order valence-electron chi connectivity index (χ0n) is 15.2. The summed E-state index contributed by atoms with van der Waals surface area (Å²) in [5.74, 6) is -0.0953. The molecule has 0 aliphatic carbocycles. The van der Waals surface area contributed by atoms with Crippen molar-refractivity contribution in [3.8, 4) is 0 Å². The van der Waals surface area contributed by atoms with Crippen LogP contribution in [0, 0.1) is 0 Å². The molecular weight excluding hydrogens is 348 g/mol. The quantitative estimate of drug-likeness (QED) is 0.866. The molecule has 0 aromatic heterocycles. The molecule has 0 spiro atoms. The number of hydrogen-bond acceptors (Lipinski definition) is 3. The molecule has 2 aromatic rings. The van der Waals surface area contributed by atoms with Crippen LogP contribution in [0.3, 0.4) is 0 Å². The Morgan fingerprint density at radius 2 is 1.62 bits per heavy atom. The number of halogens is 1. The average Bonchev–Trinajstić information content (AvgIpc) is 2.60. The number of carbonyl (C=O) groups excluding carboxylic acids is 1. The van der Waals surface area contributed by atoms with Crippen LogP contribution in [0.1, 0.15) is 35.3 Å². The molecule has 2 atom stereocenters. The average molecular weight is 373 g/mol. The summed E-state index contributed by atoms with van der Waals surface area (Å²) in [6.07, 6.45) is 0.558. The summed E-state index contributed by atoms with van der Waals surface area (Å²) in [6, 6.07) is 15.3. The Balaban J connectivity index is 1.51. The summed E-state index contributed by atoms with van der Waals surface area (Å²) in [6.45, 7) is 7.60. The molecule has 1 fully saturated rings. The van der Waals surface area contributed by atoms with E-state index in [0.717, 1.165) is 25.2 Å². The lowest BCUT2D eigenvalue weighted by atomic mass is 10.1. The van der Waals surface area contributed by atoms with Gasteiger partial charge in [0, 0.05) is 36.8 Å². The molecule has 4 nitrogen and oxygen atoms in total. The van der Waals surface area contributed by atoms with E-state index in [1.54, 1.807) is 24.3 Å². The van der Waals surface area contributed by atoms with Gasteiger partial charge in [-0.25, -0.2) is 0 Å². The van der Waals surface area contributed by atoms with Gasteiger partial charge in [-0.2, -0.15) is 0 Å². The van der Waals surface area contributed by atoms with E-state index in [9.17, 15) is 4.79 Å². The van der Waals surface area contributed by atoms with Crippen molar-refractivity contribution in [2.24, 2.45) is 0 Å². The monoisotopic (exact) mass is 372 g/mol. The Kier molecular flexibility index (Phi) is 6.30. The smallest absolute Gasteiger partial charge is 0.251 e. The van der Waals surface area contributed by atoms with Gasteiger partial charge in [0.05, 0.1) is 12.2 Å². The standard InChI is InChI=1S/C21H25ClN2O2/c1-15-12-24(13-16(2)26-15)14-18-5-3-17(4-6-18)11-23-21(25)19-7-9-20(22)10-8-19/h3-10,15-16H,11-14H2,1-2H3,(H,23,25). The van der Waals surface area contributed by atoms with Crippen molar-refractivity contribution in [1.29, 1.82) is 0 Å². The van der Waals surface area contributed by atoms with Crippen molar-refractivity contribution in [3.63, 3.8) is 0 Å². The van der Waals surface area contributed by atoms with E-state index in [1.807, 2.05) is 0 Å². The minimum Gasteiger partial charge on any atom is -0.373 e. The van der Waals surface area contributed by atoms with Gasteiger partial charge in [-0.1, -0.05) is 35.9 Å². The molecule has 5 heteroatoms. The maximum Gasteiger partial charge on any atom is 0.251 e. The van der Waals surface area contributed by atoms with Gasteiger partial charge in [0.25, 0.3) is 5.91 Å². The third-order valence-electron chi connectivity index (χ3n) is 4.48. The Morgan fingerprint density at radius 1 is 1.04 bits per heavy atom. The summed E-state index contributed by atoms with van der Waals surface area (Å²) in [4.78, 5) is 14.6. The molecular formula is C21H25ClN2O2. The Bertz CT molecular complexity index is 721. The van der Waals surface area contributed by atoms with Gasteiger partial charge in [-0.3, -0.25) is 9.69 Å². The van der Waals surface area contributed by atoms with Crippen molar-refractivity contribution in [3.05, 3.63) is 70.2 Å². The first kappa shape index (κ1) is 18.9. The van der Waals surface area contributed by atoms with Crippen LogP contribution < -0.4 is 5.32 Å². The summed E-state index contributed by atoms with van der Waals surface area (Å²) in [5, 5.41) is 3.56. The van der Waals surface area contributed by atoms with Gasteiger partial charge < -0.3 is 10.1 Å². The minimum absolute atomic E-state index is 0.0953. The fourth-order valence-corrected chi connectivity index (χ4v) is 3.45. The van der Waals surface area contributed by atoms with Crippen molar-refractivity contribution in [2.75, 3.05) is 13.1 Å². The van der Waals surface area contributed by atoms with E-state index in [4.69, 9.17) is 16.3 Å². The molecule has 1 aliphatic heterocycles. The predicted octanol–water partition coefficient (Wildman–Crippen LogP) is 3.88. The Labute approximate surface area is 160 Å². The first-order valence-corrected chi connectivity index (χ1v) is 9.37. The molecule has 1 saturated heterocycles. The summed E-state index contributed by atoms with van der Waals surface area (Å²) in [7, 11) is 0. The van der Waals surface area contributed by atoms with Gasteiger partial charge in [0.2, 0.25) is 0 Å². The molecule has 1 amide bonds. The van der Waals surface area contributed by atoms with Crippen LogP contribution in [0.2, 0.25) is 5.02 Å².